The Morgan fingerprint density at radius 1 is 1.20 bits per heavy atom. The van der Waals surface area contributed by atoms with Gasteiger partial charge in [0, 0.05) is 32.1 Å². The minimum Gasteiger partial charge on any atom is -0.472 e. The Kier molecular flexibility index (Phi) is 5.53. The summed E-state index contributed by atoms with van der Waals surface area (Å²) in [5.41, 5.74) is 2.16. The van der Waals surface area contributed by atoms with Crippen molar-refractivity contribution in [2.75, 3.05) is 13.1 Å². The maximum absolute atomic E-state index is 13.1. The normalized spacial score (nSPS) is 16.8. The van der Waals surface area contributed by atoms with Crippen molar-refractivity contribution in [3.8, 4) is 0 Å². The van der Waals surface area contributed by atoms with Gasteiger partial charge in [-0.1, -0.05) is 30.3 Å². The van der Waals surface area contributed by atoms with Crippen LogP contribution in [0.25, 0.3) is 0 Å². The molecule has 1 aliphatic heterocycles. The number of furan rings is 1. The number of rotatable bonds is 6. The van der Waals surface area contributed by atoms with Crippen LogP contribution >= 0.6 is 0 Å². The zero-order valence-electron chi connectivity index (χ0n) is 14.6. The molecule has 5 heteroatoms. The highest BCUT2D eigenvalue weighted by atomic mass is 16.3. The van der Waals surface area contributed by atoms with Gasteiger partial charge in [-0.15, -0.1) is 0 Å². The van der Waals surface area contributed by atoms with Gasteiger partial charge in [0.05, 0.1) is 12.5 Å². The van der Waals surface area contributed by atoms with E-state index in [1.165, 1.54) is 12.5 Å². The molecule has 2 heterocycles. The van der Waals surface area contributed by atoms with Crippen molar-refractivity contribution in [3.05, 3.63) is 60.1 Å². The number of likely N-dealkylation sites (tertiary alicyclic amines) is 1. The van der Waals surface area contributed by atoms with E-state index in [1.54, 1.807) is 17.4 Å². The first-order valence-electron chi connectivity index (χ1n) is 8.76. The molecule has 1 aromatic carbocycles. The van der Waals surface area contributed by atoms with E-state index in [9.17, 15) is 9.59 Å². The van der Waals surface area contributed by atoms with Crippen LogP contribution in [0.1, 0.15) is 30.9 Å². The minimum atomic E-state index is -0.333. The lowest BCUT2D eigenvalue weighted by Crippen LogP contribution is -2.47. The monoisotopic (exact) mass is 340 g/mol. The van der Waals surface area contributed by atoms with E-state index in [2.05, 4.69) is 12.1 Å². The molecule has 1 aromatic heterocycles. The molecular formula is C20H24N2O3. The van der Waals surface area contributed by atoms with E-state index in [0.717, 1.165) is 24.8 Å². The Bertz CT molecular complexity index is 697. The van der Waals surface area contributed by atoms with Gasteiger partial charge in [0.2, 0.25) is 11.8 Å². The van der Waals surface area contributed by atoms with Crippen LogP contribution in [0.4, 0.5) is 0 Å². The summed E-state index contributed by atoms with van der Waals surface area (Å²) >= 11 is 0. The number of benzene rings is 1. The highest BCUT2D eigenvalue weighted by Gasteiger charge is 2.35. The lowest BCUT2D eigenvalue weighted by Gasteiger charge is -2.29. The van der Waals surface area contributed by atoms with Gasteiger partial charge >= 0.3 is 0 Å². The molecule has 2 aromatic rings. The molecular weight excluding hydrogens is 316 g/mol. The summed E-state index contributed by atoms with van der Waals surface area (Å²) in [4.78, 5) is 28.5. The third-order valence-corrected chi connectivity index (χ3v) is 4.72. The standard InChI is InChI=1S/C20H24N2O3/c1-16(23)22-11-5-8-19(22)20(24)21(14-18-10-13-25-15-18)12-9-17-6-3-2-4-7-17/h2-4,6-7,10,13,15,19H,5,8-9,11-12,14H2,1H3/t19-/m1/s1. The second-order valence-electron chi connectivity index (χ2n) is 6.50. The van der Waals surface area contributed by atoms with Gasteiger partial charge in [-0.25, -0.2) is 0 Å². The summed E-state index contributed by atoms with van der Waals surface area (Å²) in [6, 6.07) is 11.7. The fourth-order valence-electron chi connectivity index (χ4n) is 3.39. The molecule has 5 nitrogen and oxygen atoms in total. The molecule has 25 heavy (non-hydrogen) atoms. The fourth-order valence-corrected chi connectivity index (χ4v) is 3.39. The van der Waals surface area contributed by atoms with Gasteiger partial charge in [0.25, 0.3) is 0 Å². The molecule has 0 radical (unpaired) electrons. The molecule has 0 aliphatic carbocycles. The molecule has 1 atom stereocenters. The summed E-state index contributed by atoms with van der Waals surface area (Å²) in [5.74, 6) is 0.00648. The summed E-state index contributed by atoms with van der Waals surface area (Å²) in [5, 5.41) is 0. The maximum Gasteiger partial charge on any atom is 0.245 e. The van der Waals surface area contributed by atoms with E-state index >= 15 is 0 Å². The smallest absolute Gasteiger partial charge is 0.245 e. The van der Waals surface area contributed by atoms with Crippen LogP contribution in [-0.4, -0.2) is 40.7 Å². The molecule has 1 saturated heterocycles. The van der Waals surface area contributed by atoms with Crippen molar-refractivity contribution in [2.24, 2.45) is 0 Å². The second kappa shape index (κ2) is 8.01. The largest absolute Gasteiger partial charge is 0.472 e. The summed E-state index contributed by atoms with van der Waals surface area (Å²) in [6.07, 6.45) is 5.70. The average Bonchev–Trinajstić information content (AvgIpc) is 3.30. The van der Waals surface area contributed by atoms with Crippen LogP contribution < -0.4 is 0 Å². The SMILES string of the molecule is CC(=O)N1CCC[C@@H]1C(=O)N(CCc1ccccc1)Cc1ccoc1. The summed E-state index contributed by atoms with van der Waals surface area (Å²) in [6.45, 7) is 3.33. The van der Waals surface area contributed by atoms with E-state index in [4.69, 9.17) is 4.42 Å². The van der Waals surface area contributed by atoms with Gasteiger partial charge in [-0.05, 0) is 30.9 Å². The van der Waals surface area contributed by atoms with Crippen LogP contribution in [0.2, 0.25) is 0 Å². The average molecular weight is 340 g/mol. The second-order valence-corrected chi connectivity index (χ2v) is 6.50. The lowest BCUT2D eigenvalue weighted by molar-refractivity contribution is -0.143. The lowest BCUT2D eigenvalue weighted by atomic mass is 10.1. The van der Waals surface area contributed by atoms with Crippen LogP contribution in [0, 0.1) is 0 Å². The number of amides is 2. The Morgan fingerprint density at radius 2 is 2.00 bits per heavy atom. The number of nitrogens with zero attached hydrogens (tertiary/aromatic N) is 2. The van der Waals surface area contributed by atoms with Gasteiger partial charge < -0.3 is 14.2 Å². The quantitative estimate of drug-likeness (QED) is 0.812. The molecule has 1 fully saturated rings. The Hall–Kier alpha value is -2.56. The summed E-state index contributed by atoms with van der Waals surface area (Å²) in [7, 11) is 0. The van der Waals surface area contributed by atoms with Crippen LogP contribution in [0.5, 0.6) is 0 Å². The third-order valence-electron chi connectivity index (χ3n) is 4.72. The molecule has 3 rings (SSSR count). The molecule has 132 valence electrons. The zero-order chi connectivity index (χ0) is 17.6. The highest BCUT2D eigenvalue weighted by Crippen LogP contribution is 2.21. The molecule has 0 saturated carbocycles. The third kappa shape index (κ3) is 4.29. The number of hydrogen-bond donors (Lipinski definition) is 0. The minimum absolute atomic E-state index is 0.0258. The van der Waals surface area contributed by atoms with Crippen molar-refractivity contribution in [2.45, 2.75) is 38.8 Å². The Balaban J connectivity index is 1.73. The Morgan fingerprint density at radius 3 is 2.68 bits per heavy atom. The van der Waals surface area contributed by atoms with Crippen molar-refractivity contribution < 1.29 is 14.0 Å². The number of carbonyl (C=O) groups is 2. The van der Waals surface area contributed by atoms with Crippen LogP contribution in [-0.2, 0) is 22.6 Å². The molecule has 0 N–H and O–H groups in total. The van der Waals surface area contributed by atoms with E-state index in [-0.39, 0.29) is 17.9 Å². The highest BCUT2D eigenvalue weighted by molar-refractivity contribution is 5.87. The predicted molar refractivity (Wildman–Crippen MR) is 94.7 cm³/mol. The van der Waals surface area contributed by atoms with E-state index < -0.39 is 0 Å². The van der Waals surface area contributed by atoms with Gasteiger partial charge in [0.15, 0.2) is 0 Å². The number of carbonyl (C=O) groups excluding carboxylic acids is 2. The van der Waals surface area contributed by atoms with Gasteiger partial charge in [-0.2, -0.15) is 0 Å². The molecule has 1 aliphatic rings. The van der Waals surface area contributed by atoms with E-state index in [1.807, 2.05) is 29.2 Å². The van der Waals surface area contributed by atoms with Crippen molar-refractivity contribution in [3.63, 3.8) is 0 Å². The van der Waals surface area contributed by atoms with E-state index in [0.29, 0.717) is 19.6 Å². The molecule has 0 unspecified atom stereocenters. The van der Waals surface area contributed by atoms with Crippen molar-refractivity contribution in [1.82, 2.24) is 9.80 Å². The van der Waals surface area contributed by atoms with Gasteiger partial charge in [-0.3, -0.25) is 9.59 Å². The van der Waals surface area contributed by atoms with Gasteiger partial charge in [0.1, 0.15) is 6.04 Å². The molecule has 0 bridgehead atoms. The number of hydrogen-bond acceptors (Lipinski definition) is 3. The zero-order valence-corrected chi connectivity index (χ0v) is 14.6. The molecule has 2 amide bonds. The van der Waals surface area contributed by atoms with Crippen LogP contribution in [0.3, 0.4) is 0 Å². The Labute approximate surface area is 148 Å². The maximum atomic E-state index is 13.1. The van der Waals surface area contributed by atoms with Crippen molar-refractivity contribution >= 4 is 11.8 Å². The first-order valence-corrected chi connectivity index (χ1v) is 8.76. The predicted octanol–water partition coefficient (Wildman–Crippen LogP) is 2.86. The summed E-state index contributed by atoms with van der Waals surface area (Å²) < 4.78 is 5.14. The van der Waals surface area contributed by atoms with Crippen LogP contribution in [0.15, 0.2) is 53.3 Å². The topological polar surface area (TPSA) is 53.8 Å². The fraction of sp³-hybridized carbons (Fsp3) is 0.400. The molecule has 0 spiro atoms. The van der Waals surface area contributed by atoms with Crippen molar-refractivity contribution in [1.29, 1.82) is 0 Å². The first kappa shape index (κ1) is 17.3. The first-order chi connectivity index (χ1) is 12.1.